The van der Waals surface area contributed by atoms with Crippen LogP contribution >= 0.6 is 0 Å². The van der Waals surface area contributed by atoms with Gasteiger partial charge in [-0.25, -0.2) is 4.79 Å². The minimum Gasteiger partial charge on any atom is -0.465 e. The number of ether oxygens (including phenoxy) is 3. The lowest BCUT2D eigenvalue weighted by Gasteiger charge is -2.35. The molecule has 2 rings (SSSR count). The summed E-state index contributed by atoms with van der Waals surface area (Å²) in [5.74, 6) is 0.173. The second-order valence-corrected chi connectivity index (χ2v) is 4.97. The highest BCUT2D eigenvalue weighted by Crippen LogP contribution is 2.41. The Morgan fingerprint density at radius 1 is 1.39 bits per heavy atom. The molecule has 1 aliphatic heterocycles. The van der Waals surface area contributed by atoms with Crippen LogP contribution in [0.25, 0.3) is 0 Å². The van der Waals surface area contributed by atoms with E-state index in [4.69, 9.17) is 14.2 Å². The highest BCUT2D eigenvalue weighted by atomic mass is 16.6. The Morgan fingerprint density at radius 2 is 2.11 bits per heavy atom. The van der Waals surface area contributed by atoms with Crippen molar-refractivity contribution < 1.29 is 19.0 Å². The number of likely N-dealkylation sites (N-methyl/N-ethyl adjacent to an activating group) is 1. The molecule has 0 aromatic rings. The normalized spacial score (nSPS) is 23.2. The van der Waals surface area contributed by atoms with Gasteiger partial charge in [-0.05, 0) is 32.2 Å². The molecule has 2 fully saturated rings. The molecule has 5 heteroatoms. The van der Waals surface area contributed by atoms with Crippen LogP contribution in [0.5, 0.6) is 0 Å². The summed E-state index contributed by atoms with van der Waals surface area (Å²) in [6, 6.07) is 0. The fraction of sp³-hybridized carbons (Fsp3) is 0.923. The number of carbonyl (C=O) groups excluding carboxylic acids is 1. The third-order valence-electron chi connectivity index (χ3n) is 3.56. The summed E-state index contributed by atoms with van der Waals surface area (Å²) in [7, 11) is 0. The van der Waals surface area contributed by atoms with Gasteiger partial charge in [0.15, 0.2) is 0 Å². The first-order valence-corrected chi connectivity index (χ1v) is 6.84. The van der Waals surface area contributed by atoms with E-state index in [-0.39, 0.29) is 12.1 Å². The largest absolute Gasteiger partial charge is 0.465 e. The van der Waals surface area contributed by atoms with Crippen LogP contribution in [0.2, 0.25) is 0 Å². The molecule has 5 nitrogen and oxygen atoms in total. The fourth-order valence-electron chi connectivity index (χ4n) is 2.32. The topological polar surface area (TPSA) is 56.8 Å². The van der Waals surface area contributed by atoms with Gasteiger partial charge < -0.3 is 14.2 Å². The Hall–Kier alpha value is -0.650. The van der Waals surface area contributed by atoms with Crippen molar-refractivity contribution in [1.29, 1.82) is 0 Å². The van der Waals surface area contributed by atoms with E-state index >= 15 is 0 Å². The zero-order chi connectivity index (χ0) is 13.0. The molecule has 1 unspecified atom stereocenters. The van der Waals surface area contributed by atoms with E-state index in [1.54, 1.807) is 0 Å². The molecule has 0 bridgehead atoms. The van der Waals surface area contributed by atoms with Crippen LogP contribution in [0.1, 0.15) is 26.7 Å². The van der Waals surface area contributed by atoms with Crippen molar-refractivity contribution in [2.75, 3.05) is 33.0 Å². The van der Waals surface area contributed by atoms with Crippen LogP contribution in [0.4, 0.5) is 0 Å². The van der Waals surface area contributed by atoms with Crippen LogP contribution < -0.4 is 5.32 Å². The van der Waals surface area contributed by atoms with E-state index in [1.807, 2.05) is 13.8 Å². The van der Waals surface area contributed by atoms with Gasteiger partial charge in [-0.15, -0.1) is 0 Å². The van der Waals surface area contributed by atoms with Gasteiger partial charge in [0, 0.05) is 0 Å². The minimum atomic E-state index is -0.652. The van der Waals surface area contributed by atoms with Gasteiger partial charge in [-0.2, -0.15) is 0 Å². The van der Waals surface area contributed by atoms with Crippen LogP contribution in [0.3, 0.4) is 0 Å². The lowest BCUT2D eigenvalue weighted by atomic mass is 9.94. The summed E-state index contributed by atoms with van der Waals surface area (Å²) in [5.41, 5.74) is -0.652. The van der Waals surface area contributed by atoms with Crippen molar-refractivity contribution in [3.8, 4) is 0 Å². The molecule has 1 saturated heterocycles. The Balaban J connectivity index is 2.00. The Bertz CT molecular complexity index is 289. The first-order valence-electron chi connectivity index (χ1n) is 6.84. The number of carbonyl (C=O) groups is 1. The number of nitrogens with one attached hydrogen (secondary N) is 1. The van der Waals surface area contributed by atoms with Crippen LogP contribution in [-0.4, -0.2) is 50.6 Å². The zero-order valence-electron chi connectivity index (χ0n) is 11.2. The summed E-state index contributed by atoms with van der Waals surface area (Å²) in [6.07, 6.45) is 2.27. The van der Waals surface area contributed by atoms with Gasteiger partial charge in [0.25, 0.3) is 0 Å². The summed E-state index contributed by atoms with van der Waals surface area (Å²) >= 11 is 0. The van der Waals surface area contributed by atoms with Crippen LogP contribution in [0, 0.1) is 5.92 Å². The van der Waals surface area contributed by atoms with Gasteiger partial charge in [0.2, 0.25) is 0 Å². The summed E-state index contributed by atoms with van der Waals surface area (Å²) < 4.78 is 16.1. The van der Waals surface area contributed by atoms with Gasteiger partial charge in [-0.3, -0.25) is 5.32 Å². The molecule has 0 aromatic heterocycles. The zero-order valence-corrected chi connectivity index (χ0v) is 11.2. The van der Waals surface area contributed by atoms with E-state index in [9.17, 15) is 4.79 Å². The quantitative estimate of drug-likeness (QED) is 0.649. The molecule has 18 heavy (non-hydrogen) atoms. The Kier molecular flexibility index (Phi) is 4.59. The standard InChI is InChI=1S/C13H23NO4/c1-3-14-13(10-5-6-10,12(15)17-4-2)9-18-11-7-16-8-11/h10-11,14H,3-9H2,1-2H3. The van der Waals surface area contributed by atoms with Crippen LogP contribution in [-0.2, 0) is 19.0 Å². The molecule has 1 N–H and O–H groups in total. The molecule has 2 aliphatic rings. The van der Waals surface area contributed by atoms with Crippen molar-refractivity contribution >= 4 is 5.97 Å². The van der Waals surface area contributed by atoms with Crippen molar-refractivity contribution in [1.82, 2.24) is 5.32 Å². The highest BCUT2D eigenvalue weighted by Gasteiger charge is 2.52. The SMILES string of the molecule is CCNC(COC1COC1)(C(=O)OCC)C1CC1. The summed E-state index contributed by atoms with van der Waals surface area (Å²) in [4.78, 5) is 12.3. The fourth-order valence-corrected chi connectivity index (χ4v) is 2.32. The molecule has 1 aliphatic carbocycles. The molecule has 1 heterocycles. The van der Waals surface area contributed by atoms with Crippen molar-refractivity contribution in [2.24, 2.45) is 5.92 Å². The predicted octanol–water partition coefficient (Wildman–Crippen LogP) is 0.723. The van der Waals surface area contributed by atoms with Crippen LogP contribution in [0.15, 0.2) is 0 Å². The lowest BCUT2D eigenvalue weighted by molar-refractivity contribution is -0.168. The van der Waals surface area contributed by atoms with Crippen molar-refractivity contribution in [2.45, 2.75) is 38.3 Å². The number of esters is 1. The molecule has 0 aromatic carbocycles. The van der Waals surface area contributed by atoms with E-state index < -0.39 is 5.54 Å². The highest BCUT2D eigenvalue weighted by molar-refractivity contribution is 5.82. The van der Waals surface area contributed by atoms with Gasteiger partial charge in [0.05, 0.1) is 26.4 Å². The average molecular weight is 257 g/mol. The van der Waals surface area contributed by atoms with Crippen molar-refractivity contribution in [3.63, 3.8) is 0 Å². The Labute approximate surface area is 108 Å². The summed E-state index contributed by atoms with van der Waals surface area (Å²) in [5, 5.41) is 3.31. The third-order valence-corrected chi connectivity index (χ3v) is 3.56. The molecule has 0 amide bonds. The molecule has 1 saturated carbocycles. The maximum Gasteiger partial charge on any atom is 0.329 e. The van der Waals surface area contributed by atoms with E-state index in [2.05, 4.69) is 5.32 Å². The van der Waals surface area contributed by atoms with E-state index in [0.717, 1.165) is 19.4 Å². The molecule has 0 radical (unpaired) electrons. The number of hydrogen-bond donors (Lipinski definition) is 1. The summed E-state index contributed by atoms with van der Waals surface area (Å²) in [6.45, 7) is 6.64. The molecular weight excluding hydrogens is 234 g/mol. The van der Waals surface area contributed by atoms with Gasteiger partial charge in [0.1, 0.15) is 11.6 Å². The minimum absolute atomic E-state index is 0.135. The Morgan fingerprint density at radius 3 is 2.56 bits per heavy atom. The lowest BCUT2D eigenvalue weighted by Crippen LogP contribution is -2.59. The van der Waals surface area contributed by atoms with E-state index in [1.165, 1.54) is 0 Å². The van der Waals surface area contributed by atoms with Gasteiger partial charge >= 0.3 is 5.97 Å². The first-order chi connectivity index (χ1) is 8.73. The predicted molar refractivity (Wildman–Crippen MR) is 66.3 cm³/mol. The van der Waals surface area contributed by atoms with E-state index in [0.29, 0.717) is 32.3 Å². The third kappa shape index (κ3) is 2.84. The maximum absolute atomic E-state index is 12.3. The average Bonchev–Trinajstić information content (AvgIpc) is 3.10. The molecule has 104 valence electrons. The van der Waals surface area contributed by atoms with Crippen molar-refractivity contribution in [3.05, 3.63) is 0 Å². The molecular formula is C13H23NO4. The first kappa shape index (κ1) is 13.8. The molecule has 0 spiro atoms. The number of hydrogen-bond acceptors (Lipinski definition) is 5. The molecule has 1 atom stereocenters. The van der Waals surface area contributed by atoms with Gasteiger partial charge in [-0.1, -0.05) is 6.92 Å². The number of rotatable bonds is 8. The maximum atomic E-state index is 12.3. The second kappa shape index (κ2) is 5.99. The second-order valence-electron chi connectivity index (χ2n) is 4.97. The monoisotopic (exact) mass is 257 g/mol. The smallest absolute Gasteiger partial charge is 0.329 e.